The summed E-state index contributed by atoms with van der Waals surface area (Å²) in [5.41, 5.74) is -1.71. The van der Waals surface area contributed by atoms with E-state index in [1.165, 1.54) is 4.90 Å². The molecule has 1 heterocycles. The van der Waals surface area contributed by atoms with Crippen LogP contribution in [0.1, 0.15) is 27.7 Å². The van der Waals surface area contributed by atoms with Gasteiger partial charge in [0.25, 0.3) is 0 Å². The lowest BCUT2D eigenvalue weighted by molar-refractivity contribution is -0.140. The molecule has 8 heteroatoms. The molecule has 2 N–H and O–H groups in total. The highest BCUT2D eigenvalue weighted by Crippen LogP contribution is 2.15. The monoisotopic (exact) mass is 345 g/mol. The number of carbonyl (C=O) groups excluding carboxylic acids is 2. The number of hydrogen-bond donors (Lipinski definition) is 2. The Balaban J connectivity index is 2.56. The van der Waals surface area contributed by atoms with Gasteiger partial charge in [-0.2, -0.15) is 0 Å². The Kier molecular flexibility index (Phi) is 7.00. The predicted octanol–water partition coefficient (Wildman–Crippen LogP) is 0.0511. The standard InChI is InChI=1S/C16H31N3O5/c1-15(2,3)24-14(21)18(6)10-16(4,22)11-19-7-8-23-12(9-19)13(20)17-5/h12,22H,7-11H2,1-6H3,(H,17,20)/t12-,16+/m0/s1. The largest absolute Gasteiger partial charge is 0.444 e. The lowest BCUT2D eigenvalue weighted by Crippen LogP contribution is -2.55. The molecule has 0 unspecified atom stereocenters. The van der Waals surface area contributed by atoms with Crippen molar-refractivity contribution in [1.82, 2.24) is 15.1 Å². The normalized spacial score (nSPS) is 21.7. The van der Waals surface area contributed by atoms with Crippen LogP contribution < -0.4 is 5.32 Å². The highest BCUT2D eigenvalue weighted by Gasteiger charge is 2.33. The molecule has 0 radical (unpaired) electrons. The van der Waals surface area contributed by atoms with Crippen LogP contribution in [0.2, 0.25) is 0 Å². The number of β-amino-alcohol motifs (C(OH)–C–C–N with tert-alkyl or cyclic N) is 1. The second-order valence-electron chi connectivity index (χ2n) is 7.54. The van der Waals surface area contributed by atoms with Gasteiger partial charge in [0.1, 0.15) is 11.7 Å². The van der Waals surface area contributed by atoms with Gasteiger partial charge in [0.2, 0.25) is 5.91 Å². The van der Waals surface area contributed by atoms with Crippen LogP contribution in [0.3, 0.4) is 0 Å². The lowest BCUT2D eigenvalue weighted by Gasteiger charge is -2.38. The second kappa shape index (κ2) is 8.13. The van der Waals surface area contributed by atoms with Crippen LogP contribution in [0.5, 0.6) is 0 Å². The molecule has 1 aliphatic rings. The zero-order valence-electron chi connectivity index (χ0n) is 15.6. The van der Waals surface area contributed by atoms with Gasteiger partial charge < -0.3 is 24.8 Å². The molecule has 0 aliphatic carbocycles. The van der Waals surface area contributed by atoms with Gasteiger partial charge in [-0.15, -0.1) is 0 Å². The maximum absolute atomic E-state index is 12.0. The number of hydrogen-bond acceptors (Lipinski definition) is 6. The number of rotatable bonds is 5. The number of likely N-dealkylation sites (N-methyl/N-ethyl adjacent to an activating group) is 2. The zero-order valence-corrected chi connectivity index (χ0v) is 15.6. The average Bonchev–Trinajstić information content (AvgIpc) is 2.43. The Labute approximate surface area is 144 Å². The van der Waals surface area contributed by atoms with E-state index in [2.05, 4.69) is 5.32 Å². The smallest absolute Gasteiger partial charge is 0.410 e. The number of ether oxygens (including phenoxy) is 2. The quantitative estimate of drug-likeness (QED) is 0.732. The van der Waals surface area contributed by atoms with Crippen LogP contribution in [-0.4, -0.2) is 91.1 Å². The highest BCUT2D eigenvalue weighted by molar-refractivity contribution is 5.80. The van der Waals surface area contributed by atoms with Crippen molar-refractivity contribution in [1.29, 1.82) is 0 Å². The lowest BCUT2D eigenvalue weighted by atomic mass is 10.1. The van der Waals surface area contributed by atoms with Gasteiger partial charge >= 0.3 is 6.09 Å². The summed E-state index contributed by atoms with van der Waals surface area (Å²) in [7, 11) is 3.16. The fourth-order valence-electron chi connectivity index (χ4n) is 2.61. The van der Waals surface area contributed by atoms with Gasteiger partial charge in [-0.25, -0.2) is 4.79 Å². The molecule has 1 aliphatic heterocycles. The molecular weight excluding hydrogens is 314 g/mol. The first kappa shape index (κ1) is 20.7. The molecule has 140 valence electrons. The molecule has 1 fully saturated rings. The van der Waals surface area contributed by atoms with E-state index in [0.717, 1.165) is 0 Å². The molecule has 0 bridgehead atoms. The summed E-state index contributed by atoms with van der Waals surface area (Å²) in [5.74, 6) is -0.176. The molecule has 1 rings (SSSR count). The van der Waals surface area contributed by atoms with Gasteiger partial charge in [-0.05, 0) is 27.7 Å². The summed E-state index contributed by atoms with van der Waals surface area (Å²) in [6, 6.07) is 0. The van der Waals surface area contributed by atoms with Crippen LogP contribution in [-0.2, 0) is 14.3 Å². The Hall–Kier alpha value is -1.38. The van der Waals surface area contributed by atoms with E-state index < -0.39 is 23.4 Å². The second-order valence-corrected chi connectivity index (χ2v) is 7.54. The Morgan fingerprint density at radius 1 is 1.38 bits per heavy atom. The minimum Gasteiger partial charge on any atom is -0.444 e. The van der Waals surface area contributed by atoms with E-state index in [9.17, 15) is 14.7 Å². The average molecular weight is 345 g/mol. The predicted molar refractivity (Wildman–Crippen MR) is 89.7 cm³/mol. The minimum atomic E-state index is -1.13. The number of morpholine rings is 1. The van der Waals surface area contributed by atoms with Crippen molar-refractivity contribution in [2.75, 3.05) is 46.9 Å². The van der Waals surface area contributed by atoms with Crippen LogP contribution in [0, 0.1) is 0 Å². The Morgan fingerprint density at radius 3 is 2.54 bits per heavy atom. The van der Waals surface area contributed by atoms with Gasteiger partial charge in [-0.3, -0.25) is 9.69 Å². The maximum atomic E-state index is 12.0. The van der Waals surface area contributed by atoms with Gasteiger partial charge in [0.05, 0.1) is 18.8 Å². The minimum absolute atomic E-state index is 0.129. The van der Waals surface area contributed by atoms with Gasteiger partial charge in [0, 0.05) is 33.7 Å². The van der Waals surface area contributed by atoms with Crippen molar-refractivity contribution in [2.24, 2.45) is 0 Å². The van der Waals surface area contributed by atoms with Gasteiger partial charge in [-0.1, -0.05) is 0 Å². The SMILES string of the molecule is CNC(=O)[C@@H]1CN(C[C@](C)(O)CN(C)C(=O)OC(C)(C)C)CCO1. The van der Waals surface area contributed by atoms with Crippen LogP contribution in [0.25, 0.3) is 0 Å². The molecule has 0 saturated carbocycles. The van der Waals surface area contributed by atoms with E-state index in [1.807, 2.05) is 4.90 Å². The summed E-state index contributed by atoms with van der Waals surface area (Å²) in [4.78, 5) is 27.0. The third-order valence-electron chi connectivity index (χ3n) is 3.54. The number of amides is 2. The van der Waals surface area contributed by atoms with E-state index >= 15 is 0 Å². The topological polar surface area (TPSA) is 91.3 Å². The summed E-state index contributed by atoms with van der Waals surface area (Å²) >= 11 is 0. The fourth-order valence-corrected chi connectivity index (χ4v) is 2.61. The molecular formula is C16H31N3O5. The van der Waals surface area contributed by atoms with E-state index in [0.29, 0.717) is 26.2 Å². The summed E-state index contributed by atoms with van der Waals surface area (Å²) < 4.78 is 10.7. The molecule has 2 amide bonds. The van der Waals surface area contributed by atoms with E-state index in [4.69, 9.17) is 9.47 Å². The van der Waals surface area contributed by atoms with Crippen molar-refractivity contribution >= 4 is 12.0 Å². The van der Waals surface area contributed by atoms with Crippen molar-refractivity contribution < 1.29 is 24.2 Å². The molecule has 2 atom stereocenters. The molecule has 0 aromatic heterocycles. The molecule has 8 nitrogen and oxygen atoms in total. The van der Waals surface area contributed by atoms with Crippen molar-refractivity contribution in [3.63, 3.8) is 0 Å². The third-order valence-corrected chi connectivity index (χ3v) is 3.54. The van der Waals surface area contributed by atoms with E-state index in [-0.39, 0.29) is 12.5 Å². The number of nitrogens with zero attached hydrogens (tertiary/aromatic N) is 2. The summed E-state index contributed by atoms with van der Waals surface area (Å²) in [5, 5.41) is 13.2. The summed E-state index contributed by atoms with van der Waals surface area (Å²) in [6.07, 6.45) is -1.02. The molecule has 0 spiro atoms. The van der Waals surface area contributed by atoms with Crippen LogP contribution >= 0.6 is 0 Å². The molecule has 0 aromatic carbocycles. The zero-order chi connectivity index (χ0) is 18.5. The molecule has 1 saturated heterocycles. The summed E-state index contributed by atoms with van der Waals surface area (Å²) in [6.45, 7) is 8.97. The Morgan fingerprint density at radius 2 is 2.00 bits per heavy atom. The number of aliphatic hydroxyl groups is 1. The Bertz CT molecular complexity index is 447. The van der Waals surface area contributed by atoms with Gasteiger partial charge in [0.15, 0.2) is 0 Å². The fraction of sp³-hybridized carbons (Fsp3) is 0.875. The first-order valence-corrected chi connectivity index (χ1v) is 8.15. The number of nitrogens with one attached hydrogen (secondary N) is 1. The third kappa shape index (κ3) is 7.02. The number of carbonyl (C=O) groups is 2. The van der Waals surface area contributed by atoms with E-state index in [1.54, 1.807) is 41.8 Å². The maximum Gasteiger partial charge on any atom is 0.410 e. The highest BCUT2D eigenvalue weighted by atomic mass is 16.6. The molecule has 24 heavy (non-hydrogen) atoms. The van der Waals surface area contributed by atoms with Crippen molar-refractivity contribution in [3.05, 3.63) is 0 Å². The van der Waals surface area contributed by atoms with Crippen molar-refractivity contribution in [2.45, 2.75) is 45.0 Å². The van der Waals surface area contributed by atoms with Crippen molar-refractivity contribution in [3.8, 4) is 0 Å². The first-order chi connectivity index (χ1) is 10.9. The molecule has 0 aromatic rings. The van der Waals surface area contributed by atoms with Crippen LogP contribution in [0.4, 0.5) is 4.79 Å². The van der Waals surface area contributed by atoms with Crippen LogP contribution in [0.15, 0.2) is 0 Å². The first-order valence-electron chi connectivity index (χ1n) is 8.15.